The summed E-state index contributed by atoms with van der Waals surface area (Å²) in [5, 5.41) is 7.80. The van der Waals surface area contributed by atoms with E-state index < -0.39 is 0 Å². The Kier molecular flexibility index (Phi) is 4.78. The molecule has 1 aliphatic carbocycles. The highest BCUT2D eigenvalue weighted by atomic mass is 16.5. The van der Waals surface area contributed by atoms with Crippen LogP contribution in [0.4, 0.5) is 0 Å². The minimum Gasteiger partial charge on any atom is -0.378 e. The first-order valence-corrected chi connectivity index (χ1v) is 8.35. The summed E-state index contributed by atoms with van der Waals surface area (Å²) in [5.74, 6) is 0. The second-order valence-corrected chi connectivity index (χ2v) is 6.84. The third kappa shape index (κ3) is 3.62. The molecule has 1 aromatic heterocycles. The van der Waals surface area contributed by atoms with Gasteiger partial charge in [-0.1, -0.05) is 38.1 Å². The van der Waals surface area contributed by atoms with Gasteiger partial charge in [-0.2, -0.15) is 5.10 Å². The maximum Gasteiger partial charge on any atom is 0.137 e. The van der Waals surface area contributed by atoms with Crippen LogP contribution in [-0.2, 0) is 17.8 Å². The molecule has 1 saturated carbocycles. The molecule has 0 radical (unpaired) electrons. The zero-order chi connectivity index (χ0) is 16.3. The normalized spacial score (nSPS) is 22.7. The van der Waals surface area contributed by atoms with Gasteiger partial charge in [-0.05, 0) is 24.5 Å². The maximum absolute atomic E-state index is 5.79. The lowest BCUT2D eigenvalue weighted by atomic mass is 9.64. The van der Waals surface area contributed by atoms with E-state index in [-0.39, 0.29) is 5.41 Å². The standard InChI is InChI=1S/C18H26N4O/c1-4-23-17-9-16(18(17,2)3)20-10-14-5-7-15(8-6-14)11-22-13-19-12-21-22/h5-8,12-13,16-17,20H,4,9-11H2,1-3H3/t16-,17-/m1/s1. The van der Waals surface area contributed by atoms with Crippen LogP contribution < -0.4 is 5.32 Å². The fourth-order valence-corrected chi connectivity index (χ4v) is 3.22. The van der Waals surface area contributed by atoms with Crippen LogP contribution in [0.15, 0.2) is 36.9 Å². The van der Waals surface area contributed by atoms with Crippen LogP contribution in [0, 0.1) is 5.41 Å². The molecule has 1 N–H and O–H groups in total. The molecule has 0 bridgehead atoms. The molecule has 2 aromatic rings. The van der Waals surface area contributed by atoms with Crippen molar-refractivity contribution in [3.8, 4) is 0 Å². The Morgan fingerprint density at radius 3 is 2.61 bits per heavy atom. The van der Waals surface area contributed by atoms with E-state index in [0.29, 0.717) is 12.1 Å². The van der Waals surface area contributed by atoms with Crippen molar-refractivity contribution in [1.82, 2.24) is 20.1 Å². The monoisotopic (exact) mass is 314 g/mol. The van der Waals surface area contributed by atoms with Gasteiger partial charge in [0.1, 0.15) is 12.7 Å². The summed E-state index contributed by atoms with van der Waals surface area (Å²) in [7, 11) is 0. The molecule has 0 spiro atoms. The van der Waals surface area contributed by atoms with Crippen LogP contribution >= 0.6 is 0 Å². The van der Waals surface area contributed by atoms with Gasteiger partial charge in [0.25, 0.3) is 0 Å². The average molecular weight is 314 g/mol. The summed E-state index contributed by atoms with van der Waals surface area (Å²) >= 11 is 0. The number of hydrogen-bond acceptors (Lipinski definition) is 4. The molecule has 3 rings (SSSR count). The summed E-state index contributed by atoms with van der Waals surface area (Å²) in [4.78, 5) is 3.96. The molecule has 0 amide bonds. The van der Waals surface area contributed by atoms with Crippen LogP contribution in [0.3, 0.4) is 0 Å². The van der Waals surface area contributed by atoms with Gasteiger partial charge in [0.15, 0.2) is 0 Å². The molecular weight excluding hydrogens is 288 g/mol. The van der Waals surface area contributed by atoms with E-state index in [9.17, 15) is 0 Å². The minimum absolute atomic E-state index is 0.211. The van der Waals surface area contributed by atoms with E-state index in [2.05, 4.69) is 60.4 Å². The summed E-state index contributed by atoms with van der Waals surface area (Å²) in [5.41, 5.74) is 2.76. The fraction of sp³-hybridized carbons (Fsp3) is 0.556. The van der Waals surface area contributed by atoms with Gasteiger partial charge in [-0.15, -0.1) is 0 Å². The van der Waals surface area contributed by atoms with E-state index in [1.807, 2.05) is 4.68 Å². The molecular formula is C18H26N4O. The SMILES string of the molecule is CCO[C@@H]1C[C@@H](NCc2ccc(Cn3cncn3)cc2)C1(C)C. The lowest BCUT2D eigenvalue weighted by Crippen LogP contribution is -2.60. The van der Waals surface area contributed by atoms with Crippen LogP contribution in [0.2, 0.25) is 0 Å². The Labute approximate surface area is 138 Å². The number of nitrogens with zero attached hydrogens (tertiary/aromatic N) is 3. The van der Waals surface area contributed by atoms with Crippen molar-refractivity contribution < 1.29 is 4.74 Å². The summed E-state index contributed by atoms with van der Waals surface area (Å²) < 4.78 is 7.62. The zero-order valence-electron chi connectivity index (χ0n) is 14.2. The zero-order valence-corrected chi connectivity index (χ0v) is 14.2. The first kappa shape index (κ1) is 16.1. The Balaban J connectivity index is 1.49. The van der Waals surface area contributed by atoms with Crippen molar-refractivity contribution in [3.05, 3.63) is 48.0 Å². The van der Waals surface area contributed by atoms with Gasteiger partial charge in [0.2, 0.25) is 0 Å². The summed E-state index contributed by atoms with van der Waals surface area (Å²) in [6, 6.07) is 9.21. The lowest BCUT2D eigenvalue weighted by Gasteiger charge is -2.52. The Bertz CT molecular complexity index is 606. The van der Waals surface area contributed by atoms with Gasteiger partial charge in [0.05, 0.1) is 12.6 Å². The molecule has 0 unspecified atom stereocenters. The molecule has 23 heavy (non-hydrogen) atoms. The number of nitrogens with one attached hydrogen (secondary N) is 1. The summed E-state index contributed by atoms with van der Waals surface area (Å²) in [6.07, 6.45) is 4.79. The number of rotatable bonds is 7. The molecule has 5 nitrogen and oxygen atoms in total. The predicted molar refractivity (Wildman–Crippen MR) is 90.0 cm³/mol. The van der Waals surface area contributed by atoms with Gasteiger partial charge >= 0.3 is 0 Å². The predicted octanol–water partition coefficient (Wildman–Crippen LogP) is 2.62. The quantitative estimate of drug-likeness (QED) is 0.853. The second-order valence-electron chi connectivity index (χ2n) is 6.84. The molecule has 5 heteroatoms. The highest BCUT2D eigenvalue weighted by molar-refractivity contribution is 5.23. The third-order valence-electron chi connectivity index (χ3n) is 4.93. The van der Waals surface area contributed by atoms with E-state index >= 15 is 0 Å². The first-order valence-electron chi connectivity index (χ1n) is 8.35. The largest absolute Gasteiger partial charge is 0.378 e. The molecule has 0 aliphatic heterocycles. The summed E-state index contributed by atoms with van der Waals surface area (Å²) in [6.45, 7) is 9.10. The van der Waals surface area contributed by atoms with Gasteiger partial charge in [0, 0.05) is 24.6 Å². The molecule has 1 fully saturated rings. The van der Waals surface area contributed by atoms with Gasteiger partial charge < -0.3 is 10.1 Å². The number of benzene rings is 1. The van der Waals surface area contributed by atoms with Crippen molar-refractivity contribution in [2.45, 2.75) is 52.4 Å². The van der Waals surface area contributed by atoms with E-state index in [1.165, 1.54) is 11.1 Å². The number of ether oxygens (including phenoxy) is 1. The minimum atomic E-state index is 0.211. The van der Waals surface area contributed by atoms with E-state index in [4.69, 9.17) is 4.74 Å². The smallest absolute Gasteiger partial charge is 0.137 e. The van der Waals surface area contributed by atoms with Gasteiger partial charge in [-0.25, -0.2) is 9.67 Å². The average Bonchev–Trinajstić information content (AvgIpc) is 3.04. The number of hydrogen-bond donors (Lipinski definition) is 1. The van der Waals surface area contributed by atoms with Crippen LogP contribution in [0.1, 0.15) is 38.3 Å². The van der Waals surface area contributed by atoms with Crippen molar-refractivity contribution in [2.24, 2.45) is 5.41 Å². The van der Waals surface area contributed by atoms with Crippen LogP contribution in [0.5, 0.6) is 0 Å². The van der Waals surface area contributed by atoms with E-state index in [0.717, 1.165) is 26.1 Å². The molecule has 1 aliphatic rings. The molecule has 1 aromatic carbocycles. The highest BCUT2D eigenvalue weighted by Gasteiger charge is 2.48. The van der Waals surface area contributed by atoms with Crippen molar-refractivity contribution in [3.63, 3.8) is 0 Å². The maximum atomic E-state index is 5.79. The highest BCUT2D eigenvalue weighted by Crippen LogP contribution is 2.42. The van der Waals surface area contributed by atoms with Crippen LogP contribution in [-0.4, -0.2) is 33.5 Å². The molecule has 0 saturated heterocycles. The van der Waals surface area contributed by atoms with Crippen molar-refractivity contribution >= 4 is 0 Å². The van der Waals surface area contributed by atoms with Crippen LogP contribution in [0.25, 0.3) is 0 Å². The van der Waals surface area contributed by atoms with Gasteiger partial charge in [-0.3, -0.25) is 0 Å². The Hall–Kier alpha value is -1.72. The van der Waals surface area contributed by atoms with E-state index in [1.54, 1.807) is 12.7 Å². The molecule has 2 atom stereocenters. The van der Waals surface area contributed by atoms with Crippen molar-refractivity contribution in [2.75, 3.05) is 6.61 Å². The Morgan fingerprint density at radius 1 is 1.26 bits per heavy atom. The topological polar surface area (TPSA) is 52.0 Å². The Morgan fingerprint density at radius 2 is 2.00 bits per heavy atom. The number of aromatic nitrogens is 3. The fourth-order valence-electron chi connectivity index (χ4n) is 3.22. The molecule has 1 heterocycles. The molecule has 124 valence electrons. The second kappa shape index (κ2) is 6.81. The van der Waals surface area contributed by atoms with Crippen molar-refractivity contribution in [1.29, 1.82) is 0 Å². The third-order valence-corrected chi connectivity index (χ3v) is 4.93. The first-order chi connectivity index (χ1) is 11.1. The lowest BCUT2D eigenvalue weighted by molar-refractivity contribution is -0.114.